The maximum atomic E-state index is 14.4. The van der Waals surface area contributed by atoms with Crippen LogP contribution in [-0.4, -0.2) is 63.6 Å². The Balaban J connectivity index is 2.20. The first-order chi connectivity index (χ1) is 24.8. The number of carbonyl (C=O) groups is 2. The smallest absolute Gasteiger partial charge is 0.259 e. The number of rotatable bonds is 14. The van der Waals surface area contributed by atoms with Crippen LogP contribution in [0.25, 0.3) is 0 Å². The van der Waals surface area contributed by atoms with Crippen molar-refractivity contribution in [2.45, 2.75) is 73.1 Å². The first kappa shape index (κ1) is 41.8. The second-order valence-electron chi connectivity index (χ2n) is 14.8. The average molecular weight is 731 g/mol. The van der Waals surface area contributed by atoms with Crippen molar-refractivity contribution in [2.75, 3.05) is 61.6 Å². The number of hydrogen-bond donors (Lipinski definition) is 8. The third-order valence-corrected chi connectivity index (χ3v) is 8.49. The molecule has 0 radical (unpaired) electrons. The van der Waals surface area contributed by atoms with Gasteiger partial charge in [0, 0.05) is 31.0 Å². The van der Waals surface area contributed by atoms with Crippen molar-refractivity contribution in [1.29, 1.82) is 0 Å². The fourth-order valence-corrected chi connectivity index (χ4v) is 5.31. The monoisotopic (exact) mass is 730 g/mol. The van der Waals surface area contributed by atoms with Gasteiger partial charge in [0.1, 0.15) is 24.7 Å². The lowest BCUT2D eigenvalue weighted by atomic mass is 9.85. The van der Waals surface area contributed by atoms with Crippen molar-refractivity contribution < 1.29 is 19.1 Å². The lowest BCUT2D eigenvalue weighted by Crippen LogP contribution is -2.34. The molecule has 14 nitrogen and oxygen atoms in total. The van der Waals surface area contributed by atoms with Crippen molar-refractivity contribution in [2.24, 2.45) is 27.2 Å². The number of nitrogens with zero attached hydrogens (tertiary/aromatic N) is 2. The fourth-order valence-electron chi connectivity index (χ4n) is 5.31. The quantitative estimate of drug-likeness (QED) is 0.0480. The van der Waals surface area contributed by atoms with Gasteiger partial charge in [-0.25, -0.2) is 0 Å². The Morgan fingerprint density at radius 3 is 1.87 bits per heavy atom. The van der Waals surface area contributed by atoms with E-state index in [2.05, 4.69) is 78.9 Å². The molecule has 0 bridgehead atoms. The number of carbonyl (C=O) groups excluding carboxylic acids is 2. The van der Waals surface area contributed by atoms with E-state index < -0.39 is 11.8 Å². The highest BCUT2D eigenvalue weighted by atomic mass is 16.5. The molecule has 0 spiro atoms. The van der Waals surface area contributed by atoms with Crippen LogP contribution in [0.4, 0.5) is 22.7 Å². The Hall–Kier alpha value is -5.66. The standard InChI is InChI=1S/C39H58N10O4/c1-11-45-33-22(2)16-24(38(4,5)6)19-30(33)49-35(51)27-20-26(34(50)48-29-18-25(39(7,8)9)17-28(40)23(29)3)31(53-15-13-47-37(43)44-10)21-32(27)52-14-12-46-36(41)42/h16-21,45H,11-15,40H2,1-10H3,(H,48,50)(H,49,51)(H4,41,42,46)(H3,43,44,47). The average Bonchev–Trinajstić information content (AvgIpc) is 3.07. The lowest BCUT2D eigenvalue weighted by Gasteiger charge is -2.24. The molecule has 14 heteroatoms. The van der Waals surface area contributed by atoms with Gasteiger partial charge in [-0.1, -0.05) is 47.6 Å². The van der Waals surface area contributed by atoms with E-state index in [1.807, 2.05) is 39.0 Å². The molecular formula is C39H58N10O4. The van der Waals surface area contributed by atoms with Crippen molar-refractivity contribution in [3.8, 4) is 11.5 Å². The third-order valence-electron chi connectivity index (χ3n) is 8.49. The van der Waals surface area contributed by atoms with E-state index in [0.29, 0.717) is 29.2 Å². The summed E-state index contributed by atoms with van der Waals surface area (Å²) >= 11 is 0. The molecule has 3 rings (SSSR count). The minimum absolute atomic E-state index is 0.0353. The molecule has 0 saturated carbocycles. The Morgan fingerprint density at radius 1 is 0.774 bits per heavy atom. The maximum Gasteiger partial charge on any atom is 0.259 e. The number of nitrogens with two attached hydrogens (primary N) is 4. The summed E-state index contributed by atoms with van der Waals surface area (Å²) in [6, 6.07) is 10.9. The number of amides is 2. The van der Waals surface area contributed by atoms with E-state index in [9.17, 15) is 9.59 Å². The third kappa shape index (κ3) is 11.4. The summed E-state index contributed by atoms with van der Waals surface area (Å²) in [5.41, 5.74) is 29.1. The van der Waals surface area contributed by atoms with Crippen LogP contribution in [0, 0.1) is 13.8 Å². The Labute approximate surface area is 313 Å². The number of hydrogen-bond acceptors (Lipinski definition) is 8. The van der Waals surface area contributed by atoms with Gasteiger partial charge in [-0.05, 0) is 78.1 Å². The molecule has 3 aromatic rings. The molecule has 0 atom stereocenters. The largest absolute Gasteiger partial charge is 0.491 e. The Kier molecular flexibility index (Phi) is 14.0. The van der Waals surface area contributed by atoms with Gasteiger partial charge in [-0.15, -0.1) is 0 Å². The molecular weight excluding hydrogens is 672 g/mol. The molecule has 0 aliphatic carbocycles. The van der Waals surface area contributed by atoms with E-state index in [0.717, 1.165) is 22.4 Å². The van der Waals surface area contributed by atoms with Gasteiger partial charge >= 0.3 is 0 Å². The molecule has 0 aliphatic heterocycles. The zero-order valence-corrected chi connectivity index (χ0v) is 32.8. The maximum absolute atomic E-state index is 14.4. The van der Waals surface area contributed by atoms with Gasteiger partial charge in [-0.2, -0.15) is 0 Å². The van der Waals surface area contributed by atoms with Gasteiger partial charge in [0.25, 0.3) is 11.8 Å². The van der Waals surface area contributed by atoms with Crippen LogP contribution in [0.3, 0.4) is 0 Å². The first-order valence-electron chi connectivity index (χ1n) is 17.6. The van der Waals surface area contributed by atoms with Gasteiger partial charge in [0.05, 0.1) is 35.6 Å². The fraction of sp³-hybridized carbons (Fsp3) is 0.436. The summed E-state index contributed by atoms with van der Waals surface area (Å²) < 4.78 is 12.2. The number of aryl methyl sites for hydroxylation is 1. The Bertz CT molecular complexity index is 1850. The van der Waals surface area contributed by atoms with E-state index in [4.69, 9.17) is 32.4 Å². The predicted octanol–water partition coefficient (Wildman–Crippen LogP) is 4.98. The van der Waals surface area contributed by atoms with Crippen molar-refractivity contribution in [1.82, 2.24) is 5.32 Å². The van der Waals surface area contributed by atoms with Crippen LogP contribution in [0.1, 0.15) is 91.4 Å². The van der Waals surface area contributed by atoms with Crippen LogP contribution in [0.5, 0.6) is 11.5 Å². The van der Waals surface area contributed by atoms with Crippen LogP contribution >= 0.6 is 0 Å². The minimum Gasteiger partial charge on any atom is -0.491 e. The summed E-state index contributed by atoms with van der Waals surface area (Å²) in [5.74, 6) is -0.558. The molecule has 3 aromatic carbocycles. The highest BCUT2D eigenvalue weighted by Crippen LogP contribution is 2.37. The van der Waals surface area contributed by atoms with Crippen LogP contribution < -0.4 is 53.7 Å². The molecule has 12 N–H and O–H groups in total. The molecule has 0 aromatic heterocycles. The van der Waals surface area contributed by atoms with Crippen molar-refractivity contribution in [3.63, 3.8) is 0 Å². The van der Waals surface area contributed by atoms with Crippen LogP contribution in [-0.2, 0) is 10.8 Å². The molecule has 0 saturated heterocycles. The summed E-state index contributed by atoms with van der Waals surface area (Å²) in [7, 11) is 1.56. The predicted molar refractivity (Wildman–Crippen MR) is 218 cm³/mol. The topological polar surface area (TPSA) is 230 Å². The molecule has 0 unspecified atom stereocenters. The summed E-state index contributed by atoms with van der Waals surface area (Å²) in [4.78, 5) is 36.5. The molecule has 288 valence electrons. The molecule has 53 heavy (non-hydrogen) atoms. The molecule has 0 aliphatic rings. The van der Waals surface area contributed by atoms with E-state index in [1.54, 1.807) is 7.05 Å². The number of aliphatic imine (C=N–C) groups is 2. The highest BCUT2D eigenvalue weighted by molar-refractivity contribution is 6.12. The van der Waals surface area contributed by atoms with Gasteiger partial charge in [0.15, 0.2) is 11.9 Å². The minimum atomic E-state index is -0.517. The van der Waals surface area contributed by atoms with Crippen LogP contribution in [0.2, 0.25) is 0 Å². The van der Waals surface area contributed by atoms with E-state index in [1.165, 1.54) is 12.1 Å². The van der Waals surface area contributed by atoms with Crippen molar-refractivity contribution in [3.05, 3.63) is 69.8 Å². The Morgan fingerprint density at radius 2 is 1.32 bits per heavy atom. The number of anilines is 4. The summed E-state index contributed by atoms with van der Waals surface area (Å²) in [6.07, 6.45) is 0. The molecule has 0 fully saturated rings. The van der Waals surface area contributed by atoms with Crippen LogP contribution in [0.15, 0.2) is 46.4 Å². The zero-order valence-electron chi connectivity index (χ0n) is 32.8. The molecule has 2 amide bonds. The van der Waals surface area contributed by atoms with E-state index in [-0.39, 0.29) is 71.7 Å². The van der Waals surface area contributed by atoms with Gasteiger partial charge < -0.3 is 53.7 Å². The van der Waals surface area contributed by atoms with Gasteiger partial charge in [0.2, 0.25) is 0 Å². The SMILES string of the molecule is CCNc1c(C)cc(C(C)(C)C)cc1NC(=O)c1cc(C(=O)Nc2cc(C(C)(C)C)cc(N)c2C)c(OCCNC(N)=NC)cc1OCCN=C(N)N. The molecule has 0 heterocycles. The lowest BCUT2D eigenvalue weighted by molar-refractivity contribution is 0.102. The first-order valence-corrected chi connectivity index (χ1v) is 17.6. The second-order valence-corrected chi connectivity index (χ2v) is 14.8. The number of nitrogens with one attached hydrogen (secondary N) is 4. The summed E-state index contributed by atoms with van der Waals surface area (Å²) in [6.45, 7) is 19.5. The highest BCUT2D eigenvalue weighted by Gasteiger charge is 2.26. The normalized spacial score (nSPS) is 11.8. The van der Waals surface area contributed by atoms with Gasteiger partial charge in [-0.3, -0.25) is 19.6 Å². The number of benzene rings is 3. The summed E-state index contributed by atoms with van der Waals surface area (Å²) in [5, 5.41) is 12.4. The number of guanidine groups is 2. The van der Waals surface area contributed by atoms with E-state index >= 15 is 0 Å². The second kappa shape index (κ2) is 17.7. The number of nitrogen functional groups attached to an aromatic ring is 1. The van der Waals surface area contributed by atoms with Crippen molar-refractivity contribution >= 4 is 46.5 Å². The number of ether oxygens (including phenoxy) is 2. The zero-order chi connectivity index (χ0) is 39.7.